The van der Waals surface area contributed by atoms with Gasteiger partial charge in [0.25, 0.3) is 0 Å². The first-order chi connectivity index (χ1) is 8.44. The number of hydrogen-bond acceptors (Lipinski definition) is 1. The molecule has 0 heterocycles. The summed E-state index contributed by atoms with van der Waals surface area (Å²) >= 11 is 5.87. The highest BCUT2D eigenvalue weighted by atomic mass is 35.5. The maximum Gasteiger partial charge on any atom is 0.230 e. The van der Waals surface area contributed by atoms with Gasteiger partial charge in [0, 0.05) is 11.9 Å². The second-order valence-corrected chi connectivity index (χ2v) is 5.91. The summed E-state index contributed by atoms with van der Waals surface area (Å²) in [5, 5.41) is 3.15. The summed E-state index contributed by atoms with van der Waals surface area (Å²) < 4.78 is 0. The van der Waals surface area contributed by atoms with Crippen molar-refractivity contribution in [2.75, 3.05) is 6.54 Å². The van der Waals surface area contributed by atoms with E-state index in [0.29, 0.717) is 6.54 Å². The lowest BCUT2D eigenvalue weighted by molar-refractivity contribution is -0.125. The fourth-order valence-electron chi connectivity index (χ4n) is 1.79. The highest BCUT2D eigenvalue weighted by Crippen LogP contribution is 2.22. The largest absolute Gasteiger partial charge is 0.355 e. The fraction of sp³-hybridized carbons (Fsp3) is 0.533. The van der Waals surface area contributed by atoms with Crippen LogP contribution >= 0.6 is 11.6 Å². The Kier molecular flexibility index (Phi) is 5.67. The molecule has 0 saturated carbocycles. The Labute approximate surface area is 115 Å². The number of alkyl halides is 1. The van der Waals surface area contributed by atoms with E-state index in [1.54, 1.807) is 0 Å². The van der Waals surface area contributed by atoms with Gasteiger partial charge in [0.05, 0.1) is 5.41 Å². The molecule has 1 aromatic rings. The number of rotatable bonds is 6. The van der Waals surface area contributed by atoms with Crippen LogP contribution in [-0.4, -0.2) is 17.8 Å². The minimum absolute atomic E-state index is 0.0657. The Morgan fingerprint density at radius 2 is 1.94 bits per heavy atom. The van der Waals surface area contributed by atoms with Gasteiger partial charge in [0.2, 0.25) is 5.91 Å². The topological polar surface area (TPSA) is 29.1 Å². The van der Waals surface area contributed by atoms with E-state index in [1.165, 1.54) is 0 Å². The molecule has 0 bridgehead atoms. The first kappa shape index (κ1) is 15.0. The molecule has 1 N–H and O–H groups in total. The van der Waals surface area contributed by atoms with Crippen molar-refractivity contribution in [2.24, 2.45) is 0 Å². The molecule has 0 aliphatic carbocycles. The summed E-state index contributed by atoms with van der Waals surface area (Å²) in [5.74, 6) is 0.0657. The molecule has 0 fully saturated rings. The first-order valence-electron chi connectivity index (χ1n) is 6.42. The van der Waals surface area contributed by atoms with Crippen LogP contribution in [0.15, 0.2) is 30.3 Å². The molecule has 0 aliphatic rings. The van der Waals surface area contributed by atoms with Gasteiger partial charge in [0.1, 0.15) is 0 Å². The molecule has 3 heteroatoms. The molecule has 1 rings (SSSR count). The van der Waals surface area contributed by atoms with Crippen molar-refractivity contribution in [1.29, 1.82) is 0 Å². The number of halogens is 1. The molecule has 2 nitrogen and oxygen atoms in total. The molecule has 1 unspecified atom stereocenters. The van der Waals surface area contributed by atoms with Crippen molar-refractivity contribution in [3.63, 3.8) is 0 Å². The van der Waals surface area contributed by atoms with Gasteiger partial charge in [-0.15, -0.1) is 11.6 Å². The van der Waals surface area contributed by atoms with E-state index in [2.05, 4.69) is 5.32 Å². The van der Waals surface area contributed by atoms with Gasteiger partial charge in [-0.2, -0.15) is 0 Å². The molecule has 100 valence electrons. The smallest absolute Gasteiger partial charge is 0.230 e. The normalized spacial score (nSPS) is 13.1. The lowest BCUT2D eigenvalue weighted by atomic mass is 9.84. The van der Waals surface area contributed by atoms with Gasteiger partial charge in [-0.05, 0) is 39.2 Å². The molecular weight excluding hydrogens is 246 g/mol. The molecule has 0 aromatic heterocycles. The average Bonchev–Trinajstić information content (AvgIpc) is 2.35. The monoisotopic (exact) mass is 267 g/mol. The van der Waals surface area contributed by atoms with E-state index in [0.717, 1.165) is 18.4 Å². The standard InChI is InChI=1S/C15H22ClNO/c1-12(16)8-7-11-17-14(18)15(2,3)13-9-5-4-6-10-13/h4-6,9-10,12H,7-8,11H2,1-3H3,(H,17,18). The Balaban J connectivity index is 2.50. The van der Waals surface area contributed by atoms with Gasteiger partial charge in [0.15, 0.2) is 0 Å². The predicted octanol–water partition coefficient (Wildman–Crippen LogP) is 3.49. The highest BCUT2D eigenvalue weighted by molar-refractivity contribution is 6.20. The third-order valence-corrected chi connectivity index (χ3v) is 3.35. The number of amides is 1. The van der Waals surface area contributed by atoms with Crippen LogP contribution in [0.1, 0.15) is 39.2 Å². The second kappa shape index (κ2) is 6.79. The lowest BCUT2D eigenvalue weighted by Crippen LogP contribution is -2.40. The number of carbonyl (C=O) groups is 1. The van der Waals surface area contributed by atoms with Gasteiger partial charge < -0.3 is 5.32 Å². The zero-order valence-electron chi connectivity index (χ0n) is 11.4. The van der Waals surface area contributed by atoms with Crippen molar-refractivity contribution in [2.45, 2.75) is 44.4 Å². The van der Waals surface area contributed by atoms with Gasteiger partial charge in [-0.3, -0.25) is 4.79 Å². The molecule has 0 saturated heterocycles. The van der Waals surface area contributed by atoms with E-state index in [4.69, 9.17) is 11.6 Å². The van der Waals surface area contributed by atoms with E-state index in [1.807, 2.05) is 51.1 Å². The average molecular weight is 268 g/mol. The van der Waals surface area contributed by atoms with E-state index >= 15 is 0 Å². The summed E-state index contributed by atoms with van der Waals surface area (Å²) in [6.07, 6.45) is 1.84. The summed E-state index contributed by atoms with van der Waals surface area (Å²) in [6.45, 7) is 6.55. The summed E-state index contributed by atoms with van der Waals surface area (Å²) in [6, 6.07) is 9.85. The van der Waals surface area contributed by atoms with Crippen molar-refractivity contribution in [3.05, 3.63) is 35.9 Å². The van der Waals surface area contributed by atoms with Crippen molar-refractivity contribution in [3.8, 4) is 0 Å². The molecule has 1 amide bonds. The van der Waals surface area contributed by atoms with E-state index < -0.39 is 5.41 Å². The molecule has 0 radical (unpaired) electrons. The van der Waals surface area contributed by atoms with E-state index in [-0.39, 0.29) is 11.3 Å². The van der Waals surface area contributed by atoms with E-state index in [9.17, 15) is 4.79 Å². The number of hydrogen-bond donors (Lipinski definition) is 1. The molecular formula is C15H22ClNO. The maximum atomic E-state index is 12.2. The molecule has 0 aliphatic heterocycles. The van der Waals surface area contributed by atoms with Crippen LogP contribution in [0.25, 0.3) is 0 Å². The minimum Gasteiger partial charge on any atom is -0.355 e. The van der Waals surface area contributed by atoms with Crippen LogP contribution in [-0.2, 0) is 10.2 Å². The van der Waals surface area contributed by atoms with Crippen molar-refractivity contribution >= 4 is 17.5 Å². The van der Waals surface area contributed by atoms with Crippen LogP contribution in [0.3, 0.4) is 0 Å². The predicted molar refractivity (Wildman–Crippen MR) is 77.0 cm³/mol. The minimum atomic E-state index is -0.492. The Morgan fingerprint density at radius 1 is 1.33 bits per heavy atom. The zero-order chi connectivity index (χ0) is 13.6. The molecule has 0 spiro atoms. The van der Waals surface area contributed by atoms with Crippen LogP contribution in [0.2, 0.25) is 0 Å². The number of benzene rings is 1. The lowest BCUT2D eigenvalue weighted by Gasteiger charge is -2.24. The third-order valence-electron chi connectivity index (χ3n) is 3.13. The van der Waals surface area contributed by atoms with Crippen LogP contribution in [0.5, 0.6) is 0 Å². The third kappa shape index (κ3) is 4.34. The van der Waals surface area contributed by atoms with Crippen LogP contribution < -0.4 is 5.32 Å². The highest BCUT2D eigenvalue weighted by Gasteiger charge is 2.28. The van der Waals surface area contributed by atoms with Crippen molar-refractivity contribution in [1.82, 2.24) is 5.32 Å². The van der Waals surface area contributed by atoms with Gasteiger partial charge in [-0.25, -0.2) is 0 Å². The molecule has 18 heavy (non-hydrogen) atoms. The zero-order valence-corrected chi connectivity index (χ0v) is 12.1. The van der Waals surface area contributed by atoms with Gasteiger partial charge in [-0.1, -0.05) is 30.3 Å². The first-order valence-corrected chi connectivity index (χ1v) is 6.86. The number of nitrogens with one attached hydrogen (secondary N) is 1. The quantitative estimate of drug-likeness (QED) is 0.620. The van der Waals surface area contributed by atoms with Gasteiger partial charge >= 0.3 is 0 Å². The molecule has 1 aromatic carbocycles. The Bertz CT molecular complexity index is 373. The SMILES string of the molecule is CC(Cl)CCCNC(=O)C(C)(C)c1ccccc1. The molecule has 1 atom stereocenters. The van der Waals surface area contributed by atoms with Crippen LogP contribution in [0, 0.1) is 0 Å². The Hall–Kier alpha value is -1.02. The maximum absolute atomic E-state index is 12.2. The Morgan fingerprint density at radius 3 is 2.50 bits per heavy atom. The fourth-order valence-corrected chi connectivity index (χ4v) is 1.95. The summed E-state index contributed by atoms with van der Waals surface area (Å²) in [5.41, 5.74) is 0.543. The number of carbonyl (C=O) groups excluding carboxylic acids is 1. The van der Waals surface area contributed by atoms with Crippen molar-refractivity contribution < 1.29 is 4.79 Å². The summed E-state index contributed by atoms with van der Waals surface area (Å²) in [7, 11) is 0. The van der Waals surface area contributed by atoms with Crippen LogP contribution in [0.4, 0.5) is 0 Å². The second-order valence-electron chi connectivity index (χ2n) is 5.17. The summed E-state index contributed by atoms with van der Waals surface area (Å²) in [4.78, 5) is 12.2.